The zero-order chi connectivity index (χ0) is 15.8. The zero-order valence-electron chi connectivity index (χ0n) is 12.0. The van der Waals surface area contributed by atoms with E-state index in [0.29, 0.717) is 11.7 Å². The molecule has 1 aliphatic heterocycles. The fourth-order valence-corrected chi connectivity index (χ4v) is 2.60. The van der Waals surface area contributed by atoms with Crippen molar-refractivity contribution < 1.29 is 13.2 Å². The molecule has 1 heterocycles. The molecule has 2 rings (SSSR count). The van der Waals surface area contributed by atoms with Gasteiger partial charge in [0.25, 0.3) is 0 Å². The smallest absolute Gasteiger partial charge is 0.384 e. The molecular formula is C14H19F3N4. The molecule has 0 aliphatic carbocycles. The minimum Gasteiger partial charge on any atom is -0.384 e. The van der Waals surface area contributed by atoms with Gasteiger partial charge in [0, 0.05) is 30.4 Å². The first-order chi connectivity index (χ1) is 9.70. The van der Waals surface area contributed by atoms with Crippen LogP contribution < -0.4 is 10.6 Å². The first-order valence-corrected chi connectivity index (χ1v) is 6.67. The van der Waals surface area contributed by atoms with E-state index in [0.717, 1.165) is 25.6 Å². The summed E-state index contributed by atoms with van der Waals surface area (Å²) < 4.78 is 38.7. The summed E-state index contributed by atoms with van der Waals surface area (Å²) in [6.07, 6.45) is -3.54. The SMILES string of the molecule is CN(C)C1CCN(c2ccc(C(F)(F)F)c(C(=N)N)c2)C1. The summed E-state index contributed by atoms with van der Waals surface area (Å²) in [5.74, 6) is -0.562. The largest absolute Gasteiger partial charge is 0.417 e. The maximum Gasteiger partial charge on any atom is 0.417 e. The van der Waals surface area contributed by atoms with Crippen molar-refractivity contribution in [3.8, 4) is 0 Å². The summed E-state index contributed by atoms with van der Waals surface area (Å²) in [6.45, 7) is 1.54. The second kappa shape index (κ2) is 5.55. The molecule has 3 N–H and O–H groups in total. The predicted octanol–water partition coefficient (Wildman–Crippen LogP) is 2.13. The molecule has 21 heavy (non-hydrogen) atoms. The number of likely N-dealkylation sites (N-methyl/N-ethyl adjacent to an activating group) is 1. The van der Waals surface area contributed by atoms with Gasteiger partial charge in [0.1, 0.15) is 5.84 Å². The van der Waals surface area contributed by atoms with Crippen molar-refractivity contribution in [2.75, 3.05) is 32.1 Å². The Morgan fingerprint density at radius 1 is 1.38 bits per heavy atom. The van der Waals surface area contributed by atoms with Crippen LogP contribution in [-0.4, -0.2) is 44.0 Å². The lowest BCUT2D eigenvalue weighted by molar-refractivity contribution is -0.137. The van der Waals surface area contributed by atoms with Crippen molar-refractivity contribution >= 4 is 11.5 Å². The van der Waals surface area contributed by atoms with E-state index in [2.05, 4.69) is 4.90 Å². The summed E-state index contributed by atoms with van der Waals surface area (Å²) in [5, 5.41) is 7.38. The Morgan fingerprint density at radius 2 is 2.05 bits per heavy atom. The second-order valence-corrected chi connectivity index (χ2v) is 5.49. The van der Waals surface area contributed by atoms with E-state index in [1.165, 1.54) is 12.1 Å². The topological polar surface area (TPSA) is 56.4 Å². The van der Waals surface area contributed by atoms with Crippen molar-refractivity contribution in [3.05, 3.63) is 29.3 Å². The first kappa shape index (κ1) is 15.6. The van der Waals surface area contributed by atoms with Crippen LogP contribution in [0.4, 0.5) is 18.9 Å². The Bertz CT molecular complexity index is 540. The molecule has 116 valence electrons. The van der Waals surface area contributed by atoms with Crippen molar-refractivity contribution in [3.63, 3.8) is 0 Å². The third kappa shape index (κ3) is 3.29. The van der Waals surface area contributed by atoms with E-state index in [-0.39, 0.29) is 5.56 Å². The molecule has 4 nitrogen and oxygen atoms in total. The highest BCUT2D eigenvalue weighted by Gasteiger charge is 2.35. The Hall–Kier alpha value is -1.76. The predicted molar refractivity (Wildman–Crippen MR) is 76.8 cm³/mol. The van der Waals surface area contributed by atoms with Gasteiger partial charge in [-0.05, 0) is 38.7 Å². The highest BCUT2D eigenvalue weighted by Crippen LogP contribution is 2.34. The number of hydrogen-bond donors (Lipinski definition) is 2. The van der Waals surface area contributed by atoms with Gasteiger partial charge in [0.05, 0.1) is 5.56 Å². The molecule has 7 heteroatoms. The third-order valence-corrected chi connectivity index (χ3v) is 3.86. The van der Waals surface area contributed by atoms with E-state index in [9.17, 15) is 13.2 Å². The summed E-state index contributed by atoms with van der Waals surface area (Å²) >= 11 is 0. The standard InChI is InChI=1S/C14H19F3N4/c1-20(2)10-5-6-21(8-10)9-3-4-12(14(15,16)17)11(7-9)13(18)19/h3-4,7,10H,5-6,8H2,1-2H3,(H3,18,19). The van der Waals surface area contributed by atoms with E-state index < -0.39 is 17.6 Å². The van der Waals surface area contributed by atoms with Crippen LogP contribution in [0.1, 0.15) is 17.5 Å². The van der Waals surface area contributed by atoms with E-state index in [4.69, 9.17) is 11.1 Å². The zero-order valence-corrected chi connectivity index (χ0v) is 12.0. The summed E-state index contributed by atoms with van der Waals surface area (Å²) in [7, 11) is 3.98. The fourth-order valence-electron chi connectivity index (χ4n) is 2.60. The molecular weight excluding hydrogens is 281 g/mol. The van der Waals surface area contributed by atoms with Gasteiger partial charge in [0.15, 0.2) is 0 Å². The third-order valence-electron chi connectivity index (χ3n) is 3.86. The molecule has 1 atom stereocenters. The van der Waals surface area contributed by atoms with Crippen molar-refractivity contribution in [2.24, 2.45) is 5.73 Å². The van der Waals surface area contributed by atoms with Crippen LogP contribution in [0, 0.1) is 5.41 Å². The van der Waals surface area contributed by atoms with Crippen LogP contribution in [0.5, 0.6) is 0 Å². The lowest BCUT2D eigenvalue weighted by Gasteiger charge is -2.23. The lowest BCUT2D eigenvalue weighted by Crippen LogP contribution is -2.31. The molecule has 1 aliphatic rings. The molecule has 0 radical (unpaired) electrons. The summed E-state index contributed by atoms with van der Waals surface area (Å²) in [4.78, 5) is 4.13. The summed E-state index contributed by atoms with van der Waals surface area (Å²) in [6, 6.07) is 4.21. The number of hydrogen-bond acceptors (Lipinski definition) is 3. The monoisotopic (exact) mass is 300 g/mol. The van der Waals surface area contributed by atoms with Gasteiger partial charge in [-0.15, -0.1) is 0 Å². The molecule has 1 unspecified atom stereocenters. The van der Waals surface area contributed by atoms with Gasteiger partial charge in [-0.1, -0.05) is 0 Å². The number of rotatable bonds is 3. The van der Waals surface area contributed by atoms with Crippen LogP contribution in [0.2, 0.25) is 0 Å². The highest BCUT2D eigenvalue weighted by atomic mass is 19.4. The minimum absolute atomic E-state index is 0.256. The Balaban J connectivity index is 2.31. The molecule has 0 bridgehead atoms. The maximum atomic E-state index is 12.9. The van der Waals surface area contributed by atoms with Crippen LogP contribution in [0.25, 0.3) is 0 Å². The number of benzene rings is 1. The van der Waals surface area contributed by atoms with Crippen molar-refractivity contribution in [1.29, 1.82) is 5.41 Å². The number of alkyl halides is 3. The van der Waals surface area contributed by atoms with Crippen LogP contribution in [0.3, 0.4) is 0 Å². The van der Waals surface area contributed by atoms with Gasteiger partial charge in [-0.25, -0.2) is 0 Å². The van der Waals surface area contributed by atoms with Gasteiger partial charge < -0.3 is 15.5 Å². The number of halogens is 3. The first-order valence-electron chi connectivity index (χ1n) is 6.67. The van der Waals surface area contributed by atoms with Crippen LogP contribution in [0.15, 0.2) is 18.2 Å². The van der Waals surface area contributed by atoms with Crippen LogP contribution >= 0.6 is 0 Å². The maximum absolute atomic E-state index is 12.9. The summed E-state index contributed by atoms with van der Waals surface area (Å²) in [5.41, 5.74) is 4.87. The van der Waals surface area contributed by atoms with Crippen molar-refractivity contribution in [1.82, 2.24) is 4.90 Å². The highest BCUT2D eigenvalue weighted by molar-refractivity contribution is 5.97. The van der Waals surface area contributed by atoms with Gasteiger partial charge >= 0.3 is 6.18 Å². The number of nitrogens with zero attached hydrogens (tertiary/aromatic N) is 2. The average Bonchev–Trinajstić information content (AvgIpc) is 2.86. The molecule has 1 aromatic rings. The molecule has 0 saturated carbocycles. The normalized spacial score (nSPS) is 19.3. The molecule has 1 fully saturated rings. The average molecular weight is 300 g/mol. The number of nitrogens with two attached hydrogens (primary N) is 1. The Morgan fingerprint density at radius 3 is 2.52 bits per heavy atom. The molecule has 1 saturated heterocycles. The number of nitrogen functional groups attached to an aromatic ring is 1. The van der Waals surface area contributed by atoms with Crippen LogP contribution in [-0.2, 0) is 6.18 Å². The Kier molecular flexibility index (Phi) is 4.13. The molecule has 0 aromatic heterocycles. The molecule has 0 spiro atoms. The molecule has 0 amide bonds. The fraction of sp³-hybridized carbons (Fsp3) is 0.500. The van der Waals surface area contributed by atoms with Gasteiger partial charge in [0.2, 0.25) is 0 Å². The quantitative estimate of drug-likeness (QED) is 0.664. The molecule has 1 aromatic carbocycles. The number of anilines is 1. The van der Waals surface area contributed by atoms with Gasteiger partial charge in [-0.3, -0.25) is 5.41 Å². The van der Waals surface area contributed by atoms with E-state index >= 15 is 0 Å². The van der Waals surface area contributed by atoms with E-state index in [1.807, 2.05) is 19.0 Å². The second-order valence-electron chi connectivity index (χ2n) is 5.49. The van der Waals surface area contributed by atoms with Gasteiger partial charge in [-0.2, -0.15) is 13.2 Å². The number of nitrogens with one attached hydrogen (secondary N) is 1. The number of amidine groups is 1. The Labute approximate surface area is 121 Å². The van der Waals surface area contributed by atoms with E-state index in [1.54, 1.807) is 0 Å². The lowest BCUT2D eigenvalue weighted by atomic mass is 10.0. The van der Waals surface area contributed by atoms with Crippen molar-refractivity contribution in [2.45, 2.75) is 18.6 Å². The minimum atomic E-state index is -4.50.